The summed E-state index contributed by atoms with van der Waals surface area (Å²) in [6, 6.07) is 0. The van der Waals surface area contributed by atoms with Crippen molar-refractivity contribution >= 4 is 16.9 Å². The molecule has 0 amide bonds. The van der Waals surface area contributed by atoms with E-state index in [9.17, 15) is 0 Å². The fourth-order valence-corrected chi connectivity index (χ4v) is 3.36. The topological polar surface area (TPSA) is 43.6 Å². The van der Waals surface area contributed by atoms with Crippen molar-refractivity contribution in [3.63, 3.8) is 0 Å². The van der Waals surface area contributed by atoms with Crippen molar-refractivity contribution in [1.82, 2.24) is 19.5 Å². The summed E-state index contributed by atoms with van der Waals surface area (Å²) in [5, 5.41) is 0. The minimum Gasteiger partial charge on any atom is -0.287 e. The second-order valence-electron chi connectivity index (χ2n) is 5.55. The van der Waals surface area contributed by atoms with Gasteiger partial charge in [-0.2, -0.15) is 0 Å². The molecule has 0 aliphatic heterocycles. The predicted molar refractivity (Wildman–Crippen MR) is 76.4 cm³/mol. The van der Waals surface area contributed by atoms with Gasteiger partial charge in [-0.15, -0.1) is 0 Å². The molecule has 2 atom stereocenters. The summed E-state index contributed by atoms with van der Waals surface area (Å²) in [6.45, 7) is 6.92. The average Bonchev–Trinajstić information content (AvgIpc) is 3.00. The maximum absolute atomic E-state index is 4.41. The highest BCUT2D eigenvalue weighted by Gasteiger charge is 2.40. The van der Waals surface area contributed by atoms with Crippen molar-refractivity contribution in [1.29, 1.82) is 0 Å². The minimum absolute atomic E-state index is 0.216. The molecule has 4 nitrogen and oxygen atoms in total. The van der Waals surface area contributed by atoms with E-state index in [1.165, 1.54) is 12.1 Å². The van der Waals surface area contributed by atoms with Crippen LogP contribution in [-0.2, 0) is 0 Å². The zero-order valence-electron chi connectivity index (χ0n) is 11.8. The van der Waals surface area contributed by atoms with Gasteiger partial charge in [0.15, 0.2) is 5.65 Å². The van der Waals surface area contributed by atoms with Gasteiger partial charge < -0.3 is 0 Å². The molecule has 0 N–H and O–H groups in total. The van der Waals surface area contributed by atoms with Crippen LogP contribution < -0.4 is 0 Å². The van der Waals surface area contributed by atoms with E-state index in [2.05, 4.69) is 46.4 Å². The maximum Gasteiger partial charge on any atom is 0.167 e. The summed E-state index contributed by atoms with van der Waals surface area (Å²) in [5.74, 6) is 0.715. The molecule has 1 unspecified atom stereocenters. The lowest BCUT2D eigenvalue weighted by atomic mass is 9.74. The summed E-state index contributed by atoms with van der Waals surface area (Å²) in [6.07, 6.45) is 11.1. The van der Waals surface area contributed by atoms with Crippen molar-refractivity contribution in [3.05, 3.63) is 24.9 Å². The van der Waals surface area contributed by atoms with Gasteiger partial charge in [-0.25, -0.2) is 15.0 Å². The normalized spacial score (nSPS) is 26.9. The summed E-state index contributed by atoms with van der Waals surface area (Å²) in [5.41, 5.74) is 3.34. The first-order valence-corrected chi connectivity index (χ1v) is 7.04. The van der Waals surface area contributed by atoms with Crippen LogP contribution in [0.15, 0.2) is 24.9 Å². The molecule has 1 aliphatic carbocycles. The fourth-order valence-electron chi connectivity index (χ4n) is 3.36. The fraction of sp³-hybridized carbons (Fsp3) is 0.533. The van der Waals surface area contributed by atoms with Crippen LogP contribution in [0.2, 0.25) is 0 Å². The van der Waals surface area contributed by atoms with Gasteiger partial charge in [0.1, 0.15) is 18.2 Å². The molecule has 3 rings (SSSR count). The Hall–Kier alpha value is -1.71. The lowest BCUT2D eigenvalue weighted by molar-refractivity contribution is 0.264. The Kier molecular flexibility index (Phi) is 2.88. The zero-order chi connectivity index (χ0) is 13.5. The molecular formula is C15H20N4. The van der Waals surface area contributed by atoms with Crippen molar-refractivity contribution in [2.45, 2.75) is 40.0 Å². The number of fused-ring (bicyclic) bond motifs is 1. The summed E-state index contributed by atoms with van der Waals surface area (Å²) < 4.78 is 2.15. The predicted octanol–water partition coefficient (Wildman–Crippen LogP) is 3.51. The van der Waals surface area contributed by atoms with Gasteiger partial charge in [-0.05, 0) is 18.8 Å². The molecular weight excluding hydrogens is 236 g/mol. The van der Waals surface area contributed by atoms with Crippen LogP contribution in [-0.4, -0.2) is 19.5 Å². The Labute approximate surface area is 113 Å². The number of hydrogen-bond acceptors (Lipinski definition) is 3. The quantitative estimate of drug-likeness (QED) is 0.844. The Morgan fingerprint density at radius 2 is 2.21 bits per heavy atom. The van der Waals surface area contributed by atoms with E-state index in [4.69, 9.17) is 0 Å². The molecule has 0 saturated carbocycles. The van der Waals surface area contributed by atoms with Crippen molar-refractivity contribution in [3.8, 4) is 0 Å². The monoisotopic (exact) mass is 256 g/mol. The van der Waals surface area contributed by atoms with E-state index in [0.29, 0.717) is 5.92 Å². The zero-order valence-corrected chi connectivity index (χ0v) is 11.8. The molecule has 2 aromatic heterocycles. The molecule has 4 heteroatoms. The molecule has 1 aliphatic rings. The SMILES string of the molecule is CCC1CC=C(n2cnc3cncnc32)[C@@]1(C)CC. The highest BCUT2D eigenvalue weighted by Crippen LogP contribution is 2.50. The highest BCUT2D eigenvalue weighted by atomic mass is 15.1. The average molecular weight is 256 g/mol. The second kappa shape index (κ2) is 4.44. The van der Waals surface area contributed by atoms with E-state index in [0.717, 1.165) is 24.0 Å². The molecule has 0 aromatic carbocycles. The first-order chi connectivity index (χ1) is 9.20. The smallest absolute Gasteiger partial charge is 0.167 e. The number of allylic oxidation sites excluding steroid dienone is 2. The number of imidazole rings is 1. The van der Waals surface area contributed by atoms with Gasteiger partial charge in [-0.3, -0.25) is 4.57 Å². The molecule has 0 spiro atoms. The highest BCUT2D eigenvalue weighted by molar-refractivity contribution is 5.75. The molecule has 0 saturated heterocycles. The van der Waals surface area contributed by atoms with Gasteiger partial charge >= 0.3 is 0 Å². The van der Waals surface area contributed by atoms with Crippen LogP contribution in [0.3, 0.4) is 0 Å². The van der Waals surface area contributed by atoms with Crippen LogP contribution in [0.5, 0.6) is 0 Å². The first kappa shape index (κ1) is 12.3. The molecule has 0 bridgehead atoms. The van der Waals surface area contributed by atoms with Crippen molar-refractivity contribution in [2.75, 3.05) is 0 Å². The van der Waals surface area contributed by atoms with E-state index in [1.807, 2.05) is 6.33 Å². The number of aromatic nitrogens is 4. The van der Waals surface area contributed by atoms with Gasteiger partial charge in [0.05, 0.1) is 6.20 Å². The third-order valence-corrected chi connectivity index (χ3v) is 4.78. The Balaban J connectivity index is 2.12. The van der Waals surface area contributed by atoms with E-state index < -0.39 is 0 Å². The summed E-state index contributed by atoms with van der Waals surface area (Å²) in [4.78, 5) is 12.8. The molecule has 0 radical (unpaired) electrons. The second-order valence-corrected chi connectivity index (χ2v) is 5.55. The number of hydrogen-bond donors (Lipinski definition) is 0. The van der Waals surface area contributed by atoms with E-state index in [1.54, 1.807) is 12.5 Å². The van der Waals surface area contributed by atoms with Gasteiger partial charge in [0.25, 0.3) is 0 Å². The van der Waals surface area contributed by atoms with Crippen molar-refractivity contribution in [2.24, 2.45) is 11.3 Å². The summed E-state index contributed by atoms with van der Waals surface area (Å²) in [7, 11) is 0. The van der Waals surface area contributed by atoms with E-state index >= 15 is 0 Å². The molecule has 2 heterocycles. The van der Waals surface area contributed by atoms with Crippen LogP contribution >= 0.6 is 0 Å². The van der Waals surface area contributed by atoms with Crippen LogP contribution in [0.1, 0.15) is 40.0 Å². The largest absolute Gasteiger partial charge is 0.287 e. The first-order valence-electron chi connectivity index (χ1n) is 7.04. The lowest BCUT2D eigenvalue weighted by Crippen LogP contribution is -2.25. The Bertz CT molecular complexity index is 628. The van der Waals surface area contributed by atoms with Gasteiger partial charge in [0, 0.05) is 11.1 Å². The Morgan fingerprint density at radius 1 is 1.37 bits per heavy atom. The van der Waals surface area contributed by atoms with Crippen LogP contribution in [0, 0.1) is 11.3 Å². The van der Waals surface area contributed by atoms with Gasteiger partial charge in [0.2, 0.25) is 0 Å². The standard InChI is InChI=1S/C15H20N4/c1-4-11-6-7-13(15(11,3)5-2)19-10-18-12-8-16-9-17-14(12)19/h7-11H,4-6H2,1-3H3/t11?,15-/m0/s1. The summed E-state index contributed by atoms with van der Waals surface area (Å²) >= 11 is 0. The lowest BCUT2D eigenvalue weighted by Gasteiger charge is -2.33. The molecule has 100 valence electrons. The van der Waals surface area contributed by atoms with Crippen LogP contribution in [0.4, 0.5) is 0 Å². The number of rotatable bonds is 3. The molecule has 19 heavy (non-hydrogen) atoms. The van der Waals surface area contributed by atoms with Gasteiger partial charge in [-0.1, -0.05) is 33.3 Å². The Morgan fingerprint density at radius 3 is 2.95 bits per heavy atom. The molecule has 2 aromatic rings. The third-order valence-electron chi connectivity index (χ3n) is 4.78. The minimum atomic E-state index is 0.216. The maximum atomic E-state index is 4.41. The van der Waals surface area contributed by atoms with E-state index in [-0.39, 0.29) is 5.41 Å². The van der Waals surface area contributed by atoms with Crippen LogP contribution in [0.25, 0.3) is 16.9 Å². The number of nitrogens with zero attached hydrogens (tertiary/aromatic N) is 4. The third kappa shape index (κ3) is 1.70. The van der Waals surface area contributed by atoms with Crippen molar-refractivity contribution < 1.29 is 0 Å². The molecule has 0 fully saturated rings.